The van der Waals surface area contributed by atoms with Crippen molar-refractivity contribution < 1.29 is 0 Å². The smallest absolute Gasteiger partial charge is 0.0709 e. The molecule has 0 saturated carbocycles. The summed E-state index contributed by atoms with van der Waals surface area (Å²) in [5.74, 6) is 0. The van der Waals surface area contributed by atoms with Gasteiger partial charge in [0.05, 0.1) is 11.4 Å². The van der Waals surface area contributed by atoms with E-state index in [1.807, 2.05) is 48.8 Å². The van der Waals surface area contributed by atoms with Crippen molar-refractivity contribution in [2.24, 2.45) is 9.98 Å². The molecule has 4 rings (SSSR count). The molecule has 0 aliphatic rings. The molecule has 2 nitrogen and oxygen atoms in total. The molecule has 0 heterocycles. The minimum absolute atomic E-state index is 0.928. The lowest BCUT2D eigenvalue weighted by Crippen LogP contribution is -1.85. The Morgan fingerprint density at radius 1 is 0.500 bits per heavy atom. The van der Waals surface area contributed by atoms with E-state index in [0.717, 1.165) is 33.6 Å². The van der Waals surface area contributed by atoms with Crippen LogP contribution in [0.4, 0.5) is 11.4 Å². The summed E-state index contributed by atoms with van der Waals surface area (Å²) in [4.78, 5) is 9.58. The van der Waals surface area contributed by atoms with Crippen LogP contribution in [0, 0.1) is 13.8 Å². The van der Waals surface area contributed by atoms with Crippen LogP contribution in [-0.4, -0.2) is 12.4 Å². The zero-order chi connectivity index (χ0) is 20.8. The number of nitrogens with zero attached hydrogens (tertiary/aromatic N) is 2. The largest absolute Gasteiger partial charge is 0.256 e. The van der Waals surface area contributed by atoms with Crippen LogP contribution >= 0.6 is 0 Å². The molecule has 4 aromatic carbocycles. The van der Waals surface area contributed by atoms with Crippen molar-refractivity contribution in [3.8, 4) is 11.1 Å². The molecule has 0 amide bonds. The minimum Gasteiger partial charge on any atom is -0.256 e. The van der Waals surface area contributed by atoms with Gasteiger partial charge in [-0.2, -0.15) is 0 Å². The monoisotopic (exact) mass is 388 g/mol. The van der Waals surface area contributed by atoms with Gasteiger partial charge in [-0.3, -0.25) is 9.98 Å². The van der Waals surface area contributed by atoms with Crippen LogP contribution in [0.25, 0.3) is 11.1 Å². The number of aliphatic imine (C=N–C) groups is 2. The maximum absolute atomic E-state index is 4.79. The van der Waals surface area contributed by atoms with Gasteiger partial charge in [-0.15, -0.1) is 0 Å². The first-order valence-electron chi connectivity index (χ1n) is 10.1. The Balaban J connectivity index is 1.70. The fraction of sp³-hybridized carbons (Fsp3) is 0.0714. The van der Waals surface area contributed by atoms with Gasteiger partial charge in [0.2, 0.25) is 0 Å². The molecule has 0 saturated heterocycles. The topological polar surface area (TPSA) is 24.7 Å². The predicted molar refractivity (Wildman–Crippen MR) is 129 cm³/mol. The molecule has 0 bridgehead atoms. The summed E-state index contributed by atoms with van der Waals surface area (Å²) in [5, 5.41) is 0. The van der Waals surface area contributed by atoms with Crippen molar-refractivity contribution >= 4 is 23.8 Å². The normalized spacial score (nSPS) is 11.4. The lowest BCUT2D eigenvalue weighted by Gasteiger charge is -2.09. The van der Waals surface area contributed by atoms with E-state index in [2.05, 4.69) is 74.5 Å². The Hall–Kier alpha value is -3.78. The molecule has 146 valence electrons. The quantitative estimate of drug-likeness (QED) is 0.317. The molecule has 0 fully saturated rings. The van der Waals surface area contributed by atoms with E-state index in [9.17, 15) is 0 Å². The van der Waals surface area contributed by atoms with Gasteiger partial charge in [-0.05, 0) is 37.1 Å². The summed E-state index contributed by atoms with van der Waals surface area (Å²) >= 11 is 0. The van der Waals surface area contributed by atoms with E-state index < -0.39 is 0 Å². The highest BCUT2D eigenvalue weighted by Crippen LogP contribution is 2.36. The van der Waals surface area contributed by atoms with Crippen molar-refractivity contribution in [2.45, 2.75) is 13.8 Å². The molecule has 0 N–H and O–H groups in total. The van der Waals surface area contributed by atoms with Crippen LogP contribution in [-0.2, 0) is 0 Å². The molecule has 0 unspecified atom stereocenters. The minimum atomic E-state index is 0.928. The van der Waals surface area contributed by atoms with Crippen LogP contribution in [0.2, 0.25) is 0 Å². The van der Waals surface area contributed by atoms with Crippen molar-refractivity contribution in [1.82, 2.24) is 0 Å². The molecule has 0 atom stereocenters. The number of hydrogen-bond donors (Lipinski definition) is 0. The van der Waals surface area contributed by atoms with Gasteiger partial charge in [0.15, 0.2) is 0 Å². The Labute approximate surface area is 178 Å². The number of para-hydroxylation sites is 2. The summed E-state index contributed by atoms with van der Waals surface area (Å²) < 4.78 is 0. The van der Waals surface area contributed by atoms with Crippen molar-refractivity contribution in [3.05, 3.63) is 119 Å². The Morgan fingerprint density at radius 2 is 0.933 bits per heavy atom. The first-order valence-corrected chi connectivity index (χ1v) is 10.1. The van der Waals surface area contributed by atoms with Crippen LogP contribution in [0.1, 0.15) is 22.3 Å². The molecule has 0 aliphatic carbocycles. The van der Waals surface area contributed by atoms with Crippen LogP contribution in [0.3, 0.4) is 0 Å². The maximum Gasteiger partial charge on any atom is 0.0709 e. The van der Waals surface area contributed by atoms with Crippen molar-refractivity contribution in [1.29, 1.82) is 0 Å². The molecular formula is C28H24N2. The summed E-state index contributed by atoms with van der Waals surface area (Å²) in [5.41, 5.74) is 8.63. The van der Waals surface area contributed by atoms with Gasteiger partial charge in [0.25, 0.3) is 0 Å². The fourth-order valence-electron chi connectivity index (χ4n) is 3.42. The van der Waals surface area contributed by atoms with Crippen molar-refractivity contribution in [3.63, 3.8) is 0 Å². The van der Waals surface area contributed by atoms with E-state index in [1.165, 1.54) is 11.1 Å². The third-order valence-corrected chi connectivity index (χ3v) is 4.89. The zero-order valence-electron chi connectivity index (χ0n) is 17.3. The van der Waals surface area contributed by atoms with Crippen LogP contribution in [0.5, 0.6) is 0 Å². The first-order chi connectivity index (χ1) is 14.7. The van der Waals surface area contributed by atoms with Gasteiger partial charge < -0.3 is 0 Å². The summed E-state index contributed by atoms with van der Waals surface area (Å²) in [6.07, 6.45) is 3.84. The number of hydrogen-bond acceptors (Lipinski definition) is 2. The number of benzene rings is 4. The van der Waals surface area contributed by atoms with Crippen molar-refractivity contribution in [2.75, 3.05) is 0 Å². The molecule has 0 radical (unpaired) electrons. The summed E-state index contributed by atoms with van der Waals surface area (Å²) in [6, 6.07) is 33.1. The average molecular weight is 389 g/mol. The number of aryl methyl sites for hydroxylation is 2. The van der Waals surface area contributed by atoms with E-state index in [-0.39, 0.29) is 0 Å². The van der Waals surface area contributed by atoms with Crippen LogP contribution in [0.15, 0.2) is 107 Å². The lowest BCUT2D eigenvalue weighted by atomic mass is 10.0. The third-order valence-electron chi connectivity index (χ3n) is 4.89. The zero-order valence-corrected chi connectivity index (χ0v) is 17.3. The lowest BCUT2D eigenvalue weighted by molar-refractivity contribution is 1.44. The summed E-state index contributed by atoms with van der Waals surface area (Å²) in [6.45, 7) is 4.18. The second-order valence-electron chi connectivity index (χ2n) is 7.38. The molecule has 2 heteroatoms. The molecule has 4 aromatic rings. The first kappa shape index (κ1) is 19.5. The van der Waals surface area contributed by atoms with E-state index in [4.69, 9.17) is 9.98 Å². The predicted octanol–water partition coefficient (Wildman–Crippen LogP) is 7.47. The molecule has 0 spiro atoms. The second-order valence-corrected chi connectivity index (χ2v) is 7.38. The Morgan fingerprint density at radius 3 is 1.37 bits per heavy atom. The third kappa shape index (κ3) is 4.79. The van der Waals surface area contributed by atoms with Crippen LogP contribution < -0.4 is 0 Å². The van der Waals surface area contributed by atoms with Gasteiger partial charge in [0, 0.05) is 23.6 Å². The highest BCUT2D eigenvalue weighted by atomic mass is 14.7. The molecule has 0 aliphatic heterocycles. The highest BCUT2D eigenvalue weighted by molar-refractivity contribution is 5.90. The van der Waals surface area contributed by atoms with Gasteiger partial charge >= 0.3 is 0 Å². The Bertz CT molecular complexity index is 1120. The Kier molecular flexibility index (Phi) is 5.95. The van der Waals surface area contributed by atoms with Gasteiger partial charge in [-0.1, -0.05) is 96.1 Å². The van der Waals surface area contributed by atoms with E-state index in [1.54, 1.807) is 0 Å². The fourth-order valence-corrected chi connectivity index (χ4v) is 3.42. The van der Waals surface area contributed by atoms with E-state index in [0.29, 0.717) is 0 Å². The van der Waals surface area contributed by atoms with Gasteiger partial charge in [0.1, 0.15) is 0 Å². The molecular weight excluding hydrogens is 364 g/mol. The highest BCUT2D eigenvalue weighted by Gasteiger charge is 2.08. The van der Waals surface area contributed by atoms with Gasteiger partial charge in [-0.25, -0.2) is 0 Å². The summed E-state index contributed by atoms with van der Waals surface area (Å²) in [7, 11) is 0. The molecule has 30 heavy (non-hydrogen) atoms. The second kappa shape index (κ2) is 9.15. The van der Waals surface area contributed by atoms with E-state index >= 15 is 0 Å². The SMILES string of the molecule is Cc1cccc(C=Nc2ccccc2-c2ccccc2N=Cc2cccc(C)c2)c1. The number of rotatable bonds is 5. The molecule has 0 aromatic heterocycles. The standard InChI is InChI=1S/C28H24N2/c1-21-9-7-11-23(17-21)19-29-27-15-5-3-13-25(27)26-14-4-6-16-28(26)30-20-24-12-8-10-22(2)18-24/h3-20H,1-2H3. The maximum atomic E-state index is 4.79. The average Bonchev–Trinajstić information content (AvgIpc) is 2.77.